The van der Waals surface area contributed by atoms with E-state index in [0.717, 1.165) is 22.6 Å². The van der Waals surface area contributed by atoms with Crippen molar-refractivity contribution in [2.24, 2.45) is 0 Å². The van der Waals surface area contributed by atoms with Crippen LogP contribution in [0.25, 0.3) is 0 Å². The monoisotopic (exact) mass is 300 g/mol. The molecule has 0 saturated heterocycles. The second kappa shape index (κ2) is 6.77. The minimum absolute atomic E-state index is 0.0716. The maximum Gasteiger partial charge on any atom is 0.227 e. The average Bonchev–Trinajstić information content (AvgIpc) is 2.79. The van der Waals surface area contributed by atoms with Crippen LogP contribution >= 0.6 is 0 Å². The topological polar surface area (TPSA) is 46.3 Å². The number of amides is 1. The summed E-state index contributed by atoms with van der Waals surface area (Å²) in [7, 11) is 1.83. The SMILES string of the molecule is Cc1noc(C)c1CC(=O)N(C)Cc1ccc(C(C)C)cc1. The molecular formula is C18H24N2O2. The predicted molar refractivity (Wildman–Crippen MR) is 86.7 cm³/mol. The van der Waals surface area contributed by atoms with Crippen LogP contribution in [0.3, 0.4) is 0 Å². The van der Waals surface area contributed by atoms with E-state index in [-0.39, 0.29) is 5.91 Å². The van der Waals surface area contributed by atoms with Gasteiger partial charge in [0.05, 0.1) is 12.1 Å². The maximum absolute atomic E-state index is 12.4. The number of aromatic nitrogens is 1. The van der Waals surface area contributed by atoms with Gasteiger partial charge >= 0.3 is 0 Å². The molecule has 2 aromatic rings. The fourth-order valence-electron chi connectivity index (χ4n) is 2.41. The molecule has 1 aromatic carbocycles. The molecule has 0 N–H and O–H groups in total. The van der Waals surface area contributed by atoms with Crippen molar-refractivity contribution >= 4 is 5.91 Å². The summed E-state index contributed by atoms with van der Waals surface area (Å²) < 4.78 is 5.11. The summed E-state index contributed by atoms with van der Waals surface area (Å²) in [5.74, 6) is 1.32. The van der Waals surface area contributed by atoms with E-state index in [1.54, 1.807) is 4.90 Å². The van der Waals surface area contributed by atoms with Crippen molar-refractivity contribution in [1.82, 2.24) is 10.1 Å². The molecule has 0 unspecified atom stereocenters. The minimum atomic E-state index is 0.0716. The van der Waals surface area contributed by atoms with Crippen molar-refractivity contribution in [2.75, 3.05) is 7.05 Å². The third kappa shape index (κ3) is 3.75. The molecule has 4 nitrogen and oxygen atoms in total. The van der Waals surface area contributed by atoms with Gasteiger partial charge in [-0.25, -0.2) is 0 Å². The Hall–Kier alpha value is -2.10. The lowest BCUT2D eigenvalue weighted by Gasteiger charge is -2.18. The highest BCUT2D eigenvalue weighted by atomic mass is 16.5. The molecule has 2 rings (SSSR count). The van der Waals surface area contributed by atoms with Crippen molar-refractivity contribution in [3.05, 3.63) is 52.4 Å². The van der Waals surface area contributed by atoms with Crippen LogP contribution in [-0.4, -0.2) is 23.0 Å². The van der Waals surface area contributed by atoms with Crippen molar-refractivity contribution in [3.8, 4) is 0 Å². The van der Waals surface area contributed by atoms with E-state index < -0.39 is 0 Å². The number of hydrogen-bond acceptors (Lipinski definition) is 3. The highest BCUT2D eigenvalue weighted by Crippen LogP contribution is 2.17. The molecule has 0 aliphatic heterocycles. The van der Waals surface area contributed by atoms with Gasteiger partial charge in [0.25, 0.3) is 0 Å². The maximum atomic E-state index is 12.4. The van der Waals surface area contributed by atoms with E-state index in [9.17, 15) is 4.79 Å². The predicted octanol–water partition coefficient (Wildman–Crippen LogP) is 3.62. The minimum Gasteiger partial charge on any atom is -0.361 e. The molecule has 0 atom stereocenters. The quantitative estimate of drug-likeness (QED) is 0.847. The number of hydrogen-bond donors (Lipinski definition) is 0. The van der Waals surface area contributed by atoms with Crippen LogP contribution in [-0.2, 0) is 17.8 Å². The normalized spacial score (nSPS) is 11.0. The summed E-state index contributed by atoms with van der Waals surface area (Å²) in [6, 6.07) is 8.45. The summed E-state index contributed by atoms with van der Waals surface area (Å²) in [5, 5.41) is 3.89. The van der Waals surface area contributed by atoms with E-state index in [2.05, 4.69) is 43.3 Å². The van der Waals surface area contributed by atoms with Crippen molar-refractivity contribution in [3.63, 3.8) is 0 Å². The van der Waals surface area contributed by atoms with Crippen molar-refractivity contribution < 1.29 is 9.32 Å². The van der Waals surface area contributed by atoms with Gasteiger partial charge in [-0.2, -0.15) is 0 Å². The Morgan fingerprint density at radius 1 is 1.23 bits per heavy atom. The molecular weight excluding hydrogens is 276 g/mol. The molecule has 118 valence electrons. The van der Waals surface area contributed by atoms with Gasteiger partial charge in [0.1, 0.15) is 5.76 Å². The number of rotatable bonds is 5. The Balaban J connectivity index is 1.99. The largest absolute Gasteiger partial charge is 0.361 e. The lowest BCUT2D eigenvalue weighted by Crippen LogP contribution is -2.28. The van der Waals surface area contributed by atoms with Gasteiger partial charge < -0.3 is 9.42 Å². The molecule has 0 aliphatic rings. The van der Waals surface area contributed by atoms with Crippen LogP contribution < -0.4 is 0 Å². The van der Waals surface area contributed by atoms with E-state index in [4.69, 9.17) is 4.52 Å². The standard InChI is InChI=1S/C18H24N2O2/c1-12(2)16-8-6-15(7-9-16)11-20(5)18(21)10-17-13(3)19-22-14(17)4/h6-9,12H,10-11H2,1-5H3. The first-order valence-electron chi connectivity index (χ1n) is 7.63. The molecule has 22 heavy (non-hydrogen) atoms. The van der Waals surface area contributed by atoms with Gasteiger partial charge in [-0.15, -0.1) is 0 Å². The van der Waals surface area contributed by atoms with Gasteiger partial charge in [-0.3, -0.25) is 4.79 Å². The summed E-state index contributed by atoms with van der Waals surface area (Å²) >= 11 is 0. The number of carbonyl (C=O) groups is 1. The lowest BCUT2D eigenvalue weighted by atomic mass is 10.0. The van der Waals surface area contributed by atoms with Crippen molar-refractivity contribution in [2.45, 2.75) is 46.6 Å². The Labute approximate surface area is 132 Å². The zero-order chi connectivity index (χ0) is 16.3. The lowest BCUT2D eigenvalue weighted by molar-refractivity contribution is -0.129. The second-order valence-electron chi connectivity index (χ2n) is 6.13. The van der Waals surface area contributed by atoms with E-state index in [1.165, 1.54) is 5.56 Å². The van der Waals surface area contributed by atoms with E-state index >= 15 is 0 Å². The van der Waals surface area contributed by atoms with Crippen LogP contribution in [0.5, 0.6) is 0 Å². The Bertz CT molecular complexity index is 622. The van der Waals surface area contributed by atoms with Crippen molar-refractivity contribution in [1.29, 1.82) is 0 Å². The van der Waals surface area contributed by atoms with Gasteiger partial charge in [-0.1, -0.05) is 43.3 Å². The molecule has 0 fully saturated rings. The zero-order valence-electron chi connectivity index (χ0n) is 14.0. The van der Waals surface area contributed by atoms with Gasteiger partial charge in [0.2, 0.25) is 5.91 Å². The summed E-state index contributed by atoms with van der Waals surface area (Å²) in [4.78, 5) is 14.1. The first-order chi connectivity index (χ1) is 10.4. The highest BCUT2D eigenvalue weighted by molar-refractivity contribution is 5.79. The third-order valence-corrected chi connectivity index (χ3v) is 4.00. The number of benzene rings is 1. The summed E-state index contributed by atoms with van der Waals surface area (Å²) in [6.45, 7) is 8.67. The Morgan fingerprint density at radius 2 is 1.86 bits per heavy atom. The van der Waals surface area contributed by atoms with Gasteiger partial charge in [0.15, 0.2) is 0 Å². The van der Waals surface area contributed by atoms with Crippen LogP contribution in [0.2, 0.25) is 0 Å². The van der Waals surface area contributed by atoms with Crippen LogP contribution in [0.4, 0.5) is 0 Å². The molecule has 4 heteroatoms. The second-order valence-corrected chi connectivity index (χ2v) is 6.13. The van der Waals surface area contributed by atoms with E-state index in [0.29, 0.717) is 18.9 Å². The molecule has 0 aliphatic carbocycles. The van der Waals surface area contributed by atoms with Crippen LogP contribution in [0.1, 0.15) is 47.9 Å². The van der Waals surface area contributed by atoms with Crippen LogP contribution in [0, 0.1) is 13.8 Å². The first-order valence-corrected chi connectivity index (χ1v) is 7.63. The van der Waals surface area contributed by atoms with Gasteiger partial charge in [-0.05, 0) is 30.9 Å². The first kappa shape index (κ1) is 16.3. The molecule has 0 bridgehead atoms. The third-order valence-electron chi connectivity index (χ3n) is 4.00. The smallest absolute Gasteiger partial charge is 0.227 e. The molecule has 0 spiro atoms. The Morgan fingerprint density at radius 3 is 2.36 bits per heavy atom. The number of nitrogens with zero attached hydrogens (tertiary/aromatic N) is 2. The van der Waals surface area contributed by atoms with Crippen LogP contribution in [0.15, 0.2) is 28.8 Å². The number of carbonyl (C=O) groups excluding carboxylic acids is 1. The van der Waals surface area contributed by atoms with E-state index in [1.807, 2.05) is 20.9 Å². The highest BCUT2D eigenvalue weighted by Gasteiger charge is 2.16. The molecule has 0 saturated carbocycles. The molecule has 1 amide bonds. The fraction of sp³-hybridized carbons (Fsp3) is 0.444. The number of likely N-dealkylation sites (N-methyl/N-ethyl adjacent to an activating group) is 1. The molecule has 1 aromatic heterocycles. The fourth-order valence-corrected chi connectivity index (χ4v) is 2.41. The zero-order valence-corrected chi connectivity index (χ0v) is 14.0. The Kier molecular flexibility index (Phi) is 5.01. The molecule has 1 heterocycles. The van der Waals surface area contributed by atoms with Gasteiger partial charge in [0, 0.05) is 19.2 Å². The summed E-state index contributed by atoms with van der Waals surface area (Å²) in [6.07, 6.45) is 0.335. The molecule has 0 radical (unpaired) electrons. The average molecular weight is 300 g/mol. The number of aryl methyl sites for hydroxylation is 2. The summed E-state index contributed by atoms with van der Waals surface area (Å²) in [5.41, 5.74) is 4.14.